The van der Waals surface area contributed by atoms with E-state index in [0.29, 0.717) is 30.1 Å². The number of aromatic nitrogens is 2. The first kappa shape index (κ1) is 18.6. The number of nitrogens with zero attached hydrogens (tertiary/aromatic N) is 2. The highest BCUT2D eigenvalue weighted by molar-refractivity contribution is 5.77. The van der Waals surface area contributed by atoms with Crippen LogP contribution in [0.15, 0.2) is 29.1 Å². The molecule has 1 saturated heterocycles. The van der Waals surface area contributed by atoms with Crippen molar-refractivity contribution in [1.82, 2.24) is 14.9 Å². The van der Waals surface area contributed by atoms with E-state index in [4.69, 9.17) is 4.74 Å². The minimum absolute atomic E-state index is 0.0922. The molecule has 0 bridgehead atoms. The van der Waals surface area contributed by atoms with E-state index in [-0.39, 0.29) is 11.5 Å². The van der Waals surface area contributed by atoms with E-state index < -0.39 is 5.60 Å². The first-order valence-corrected chi connectivity index (χ1v) is 9.22. The van der Waals surface area contributed by atoms with Crippen LogP contribution in [-0.4, -0.2) is 39.5 Å². The van der Waals surface area contributed by atoms with E-state index >= 15 is 0 Å². The number of rotatable bonds is 4. The maximum atomic E-state index is 12.2. The van der Waals surface area contributed by atoms with Crippen molar-refractivity contribution in [1.29, 1.82) is 0 Å². The van der Waals surface area contributed by atoms with E-state index in [1.165, 1.54) is 0 Å². The highest BCUT2D eigenvalue weighted by atomic mass is 16.6. The summed E-state index contributed by atoms with van der Waals surface area (Å²) in [7, 11) is 0. The quantitative estimate of drug-likeness (QED) is 0.852. The van der Waals surface area contributed by atoms with Crippen molar-refractivity contribution in [2.24, 2.45) is 5.92 Å². The molecule has 0 atom stereocenters. The molecule has 0 saturated carbocycles. The van der Waals surface area contributed by atoms with Crippen molar-refractivity contribution in [3.8, 4) is 0 Å². The first-order valence-electron chi connectivity index (χ1n) is 9.22. The third kappa shape index (κ3) is 4.91. The van der Waals surface area contributed by atoms with Crippen LogP contribution in [0.1, 0.15) is 45.9 Å². The van der Waals surface area contributed by atoms with Gasteiger partial charge in [0.1, 0.15) is 11.4 Å². The summed E-state index contributed by atoms with van der Waals surface area (Å²) in [5.74, 6) is 0.945. The molecule has 1 aliphatic rings. The Labute approximate surface area is 153 Å². The lowest BCUT2D eigenvalue weighted by Crippen LogP contribution is -2.35. The number of nitrogens with one attached hydrogen (secondary N) is 1. The van der Waals surface area contributed by atoms with Crippen LogP contribution >= 0.6 is 0 Å². The Hall–Kier alpha value is -2.21. The van der Waals surface area contributed by atoms with Crippen LogP contribution in [0.4, 0.5) is 0 Å². The molecule has 6 heteroatoms. The van der Waals surface area contributed by atoms with Crippen molar-refractivity contribution in [3.05, 3.63) is 40.4 Å². The Morgan fingerprint density at radius 1 is 1.27 bits per heavy atom. The summed E-state index contributed by atoms with van der Waals surface area (Å²) in [5.41, 5.74) is 0.210. The standard InChI is InChI=1S/C20H27N3O3/c1-20(2,3)26-18(24)12-14-8-10-23(11-9-14)13-17-21-16-7-5-4-6-15(16)19(25)22-17/h4-7,14H,8-13H2,1-3H3,(H,21,22,25). The molecule has 26 heavy (non-hydrogen) atoms. The second-order valence-corrected chi connectivity index (χ2v) is 8.04. The number of piperidine rings is 1. The molecule has 140 valence electrons. The van der Waals surface area contributed by atoms with E-state index in [0.717, 1.165) is 31.4 Å². The van der Waals surface area contributed by atoms with Crippen molar-refractivity contribution >= 4 is 16.9 Å². The van der Waals surface area contributed by atoms with Crippen LogP contribution in [0.5, 0.6) is 0 Å². The summed E-state index contributed by atoms with van der Waals surface area (Å²) in [4.78, 5) is 33.9. The maximum absolute atomic E-state index is 12.2. The molecule has 0 radical (unpaired) electrons. The molecule has 2 aromatic rings. The van der Waals surface area contributed by atoms with Gasteiger partial charge in [0, 0.05) is 6.42 Å². The lowest BCUT2D eigenvalue weighted by Gasteiger charge is -2.31. The van der Waals surface area contributed by atoms with Crippen LogP contribution in [0.25, 0.3) is 10.9 Å². The fraction of sp³-hybridized carbons (Fsp3) is 0.550. The molecule has 0 amide bonds. The van der Waals surface area contributed by atoms with Gasteiger partial charge in [-0.2, -0.15) is 0 Å². The van der Waals surface area contributed by atoms with Gasteiger partial charge in [-0.05, 0) is 64.8 Å². The summed E-state index contributed by atoms with van der Waals surface area (Å²) in [6.07, 6.45) is 2.39. The SMILES string of the molecule is CC(C)(C)OC(=O)CC1CCN(Cc2nc3ccccc3c(=O)[nH]2)CC1. The highest BCUT2D eigenvalue weighted by Gasteiger charge is 2.24. The van der Waals surface area contributed by atoms with Crippen LogP contribution in [-0.2, 0) is 16.1 Å². The minimum atomic E-state index is -0.425. The topological polar surface area (TPSA) is 75.3 Å². The summed E-state index contributed by atoms with van der Waals surface area (Å²) < 4.78 is 5.41. The number of hydrogen-bond acceptors (Lipinski definition) is 5. The van der Waals surface area contributed by atoms with Crippen molar-refractivity contribution in [3.63, 3.8) is 0 Å². The fourth-order valence-corrected chi connectivity index (χ4v) is 3.39. The summed E-state index contributed by atoms with van der Waals surface area (Å²) >= 11 is 0. The Kier molecular flexibility index (Phi) is 5.41. The predicted octanol–water partition coefficient (Wildman–Crippen LogP) is 2.87. The third-order valence-electron chi connectivity index (χ3n) is 4.62. The molecule has 0 spiro atoms. The van der Waals surface area contributed by atoms with Crippen LogP contribution in [0.2, 0.25) is 0 Å². The maximum Gasteiger partial charge on any atom is 0.306 e. The normalized spacial score (nSPS) is 16.7. The number of aromatic amines is 1. The van der Waals surface area contributed by atoms with Crippen LogP contribution < -0.4 is 5.56 Å². The zero-order valence-electron chi connectivity index (χ0n) is 15.7. The number of ether oxygens (including phenoxy) is 1. The number of carbonyl (C=O) groups is 1. The smallest absolute Gasteiger partial charge is 0.306 e. The molecule has 3 rings (SSSR count). The molecular weight excluding hydrogens is 330 g/mol. The van der Waals surface area contributed by atoms with Gasteiger partial charge in [-0.15, -0.1) is 0 Å². The van der Waals surface area contributed by atoms with E-state index in [1.54, 1.807) is 6.07 Å². The molecular formula is C20H27N3O3. The number of likely N-dealkylation sites (tertiary alicyclic amines) is 1. The molecule has 1 aromatic heterocycles. The third-order valence-corrected chi connectivity index (χ3v) is 4.62. The summed E-state index contributed by atoms with van der Waals surface area (Å²) in [6.45, 7) is 8.09. The molecule has 6 nitrogen and oxygen atoms in total. The second-order valence-electron chi connectivity index (χ2n) is 8.04. The molecule has 1 aliphatic heterocycles. The number of benzene rings is 1. The Morgan fingerprint density at radius 3 is 2.65 bits per heavy atom. The average Bonchev–Trinajstić information content (AvgIpc) is 2.55. The Bertz CT molecular complexity index is 830. The number of hydrogen-bond donors (Lipinski definition) is 1. The van der Waals surface area contributed by atoms with Crippen molar-refractivity contribution < 1.29 is 9.53 Å². The highest BCUT2D eigenvalue weighted by Crippen LogP contribution is 2.23. The van der Waals surface area contributed by atoms with Crippen LogP contribution in [0, 0.1) is 5.92 Å². The lowest BCUT2D eigenvalue weighted by atomic mass is 9.93. The fourth-order valence-electron chi connectivity index (χ4n) is 3.39. The van der Waals surface area contributed by atoms with Gasteiger partial charge in [-0.1, -0.05) is 12.1 Å². The van der Waals surface area contributed by atoms with E-state index in [2.05, 4.69) is 14.9 Å². The number of H-pyrrole nitrogens is 1. The summed E-state index contributed by atoms with van der Waals surface area (Å²) in [5, 5.41) is 0.618. The number of esters is 1. The van der Waals surface area contributed by atoms with Gasteiger partial charge < -0.3 is 9.72 Å². The molecule has 0 unspecified atom stereocenters. The second kappa shape index (κ2) is 7.58. The minimum Gasteiger partial charge on any atom is -0.460 e. The van der Waals surface area contributed by atoms with Gasteiger partial charge in [0.15, 0.2) is 0 Å². The van der Waals surface area contributed by atoms with E-state index in [1.807, 2.05) is 39.0 Å². The van der Waals surface area contributed by atoms with Crippen LogP contribution in [0.3, 0.4) is 0 Å². The zero-order chi connectivity index (χ0) is 18.7. The van der Waals surface area contributed by atoms with Gasteiger partial charge in [0.05, 0.1) is 17.4 Å². The Balaban J connectivity index is 1.54. The molecule has 1 N–H and O–H groups in total. The molecule has 2 heterocycles. The number of fused-ring (bicyclic) bond motifs is 1. The largest absolute Gasteiger partial charge is 0.460 e. The van der Waals surface area contributed by atoms with Crippen molar-refractivity contribution in [2.75, 3.05) is 13.1 Å². The van der Waals surface area contributed by atoms with E-state index in [9.17, 15) is 9.59 Å². The predicted molar refractivity (Wildman–Crippen MR) is 101 cm³/mol. The number of para-hydroxylation sites is 1. The Morgan fingerprint density at radius 2 is 1.96 bits per heavy atom. The van der Waals surface area contributed by atoms with Gasteiger partial charge in [-0.25, -0.2) is 4.98 Å². The first-order chi connectivity index (χ1) is 12.3. The van der Waals surface area contributed by atoms with Gasteiger partial charge in [-0.3, -0.25) is 14.5 Å². The van der Waals surface area contributed by atoms with Gasteiger partial charge >= 0.3 is 5.97 Å². The molecule has 1 fully saturated rings. The lowest BCUT2D eigenvalue weighted by molar-refractivity contribution is -0.156. The summed E-state index contributed by atoms with van der Waals surface area (Å²) in [6, 6.07) is 7.38. The number of carbonyl (C=O) groups excluding carboxylic acids is 1. The zero-order valence-corrected chi connectivity index (χ0v) is 15.7. The molecule has 1 aromatic carbocycles. The monoisotopic (exact) mass is 357 g/mol. The molecule has 0 aliphatic carbocycles. The van der Waals surface area contributed by atoms with Gasteiger partial charge in [0.2, 0.25) is 0 Å². The van der Waals surface area contributed by atoms with Crippen molar-refractivity contribution in [2.45, 2.75) is 52.2 Å². The van der Waals surface area contributed by atoms with Gasteiger partial charge in [0.25, 0.3) is 5.56 Å². The average molecular weight is 357 g/mol.